The fourth-order valence-corrected chi connectivity index (χ4v) is 3.20. The van der Waals surface area contributed by atoms with Crippen LogP contribution in [0, 0.1) is 0 Å². The Morgan fingerprint density at radius 2 is 1.95 bits per heavy atom. The van der Waals surface area contributed by atoms with Crippen LogP contribution in [-0.4, -0.2) is 32.8 Å². The molecule has 1 rings (SSSR count). The van der Waals surface area contributed by atoms with Crippen molar-refractivity contribution in [3.63, 3.8) is 0 Å². The van der Waals surface area contributed by atoms with E-state index in [4.69, 9.17) is 10.7 Å². The number of hydrogen-bond donors (Lipinski definition) is 0. The van der Waals surface area contributed by atoms with Gasteiger partial charge in [-0.05, 0) is 24.6 Å². The van der Waals surface area contributed by atoms with E-state index in [2.05, 4.69) is 22.9 Å². The molecule has 0 fully saturated rings. The molecule has 0 unspecified atom stereocenters. The summed E-state index contributed by atoms with van der Waals surface area (Å²) in [7, 11) is 3.16. The zero-order valence-corrected chi connectivity index (χ0v) is 14.6. The molecule has 0 bridgehead atoms. The number of benzene rings is 1. The van der Waals surface area contributed by atoms with E-state index in [1.807, 2.05) is 0 Å². The van der Waals surface area contributed by atoms with Gasteiger partial charge in [-0.2, -0.15) is 0 Å². The first-order valence-corrected chi connectivity index (χ1v) is 9.36. The van der Waals surface area contributed by atoms with Gasteiger partial charge in [0.15, 0.2) is 0 Å². The minimum absolute atomic E-state index is 0.0844. The summed E-state index contributed by atoms with van der Waals surface area (Å²) in [6.45, 7) is 2.73. The Morgan fingerprint density at radius 3 is 2.50 bits per heavy atom. The van der Waals surface area contributed by atoms with Gasteiger partial charge in [0.05, 0.1) is 4.90 Å². The van der Waals surface area contributed by atoms with E-state index in [9.17, 15) is 13.2 Å². The van der Waals surface area contributed by atoms with Crippen LogP contribution in [0.25, 0.3) is 0 Å². The second-order valence-corrected chi connectivity index (χ2v) is 8.03. The fourth-order valence-electron chi connectivity index (χ4n) is 1.75. The minimum Gasteiger partial charge on any atom is -0.342 e. The van der Waals surface area contributed by atoms with Crippen molar-refractivity contribution >= 4 is 41.6 Å². The average Bonchev–Trinajstić information content (AvgIpc) is 2.36. The highest BCUT2D eigenvalue weighted by atomic mass is 79.9. The first-order valence-electron chi connectivity index (χ1n) is 6.26. The Hall–Kier alpha value is -0.590. The molecule has 0 spiro atoms. The summed E-state index contributed by atoms with van der Waals surface area (Å²) in [6, 6.07) is 4.26. The van der Waals surface area contributed by atoms with Crippen molar-refractivity contribution in [3.05, 3.63) is 28.2 Å². The summed E-state index contributed by atoms with van der Waals surface area (Å²) in [5.74, 6) is -0.219. The summed E-state index contributed by atoms with van der Waals surface area (Å²) in [6.07, 6.45) is 3.05. The molecule has 0 aliphatic heterocycles. The maximum atomic E-state index is 12.2. The molecule has 0 saturated carbocycles. The highest BCUT2D eigenvalue weighted by Crippen LogP contribution is 2.23. The standard InChI is InChI=1S/C13H17BrClNO3S/c1-3-4-5-6-16(2)13(17)10-7-11(14)9-12(8-10)20(15,18)19/h7-9H,3-6H2,1-2H3. The van der Waals surface area contributed by atoms with E-state index in [1.54, 1.807) is 18.0 Å². The van der Waals surface area contributed by atoms with Gasteiger partial charge in [0, 0.05) is 34.3 Å². The van der Waals surface area contributed by atoms with Crippen molar-refractivity contribution in [3.8, 4) is 0 Å². The van der Waals surface area contributed by atoms with Crippen LogP contribution in [0.1, 0.15) is 36.5 Å². The topological polar surface area (TPSA) is 54.5 Å². The average molecular weight is 383 g/mol. The van der Waals surface area contributed by atoms with Crippen LogP contribution in [0.2, 0.25) is 0 Å². The highest BCUT2D eigenvalue weighted by Gasteiger charge is 2.17. The van der Waals surface area contributed by atoms with Gasteiger partial charge < -0.3 is 4.90 Å². The van der Waals surface area contributed by atoms with Crippen molar-refractivity contribution < 1.29 is 13.2 Å². The predicted molar refractivity (Wildman–Crippen MR) is 83.7 cm³/mol. The van der Waals surface area contributed by atoms with Crippen LogP contribution < -0.4 is 0 Å². The van der Waals surface area contributed by atoms with Crippen LogP contribution in [0.5, 0.6) is 0 Å². The Labute approximate surface area is 132 Å². The number of carbonyl (C=O) groups excluding carboxylic acids is 1. The van der Waals surface area contributed by atoms with E-state index in [0.29, 0.717) is 16.6 Å². The molecular weight excluding hydrogens is 366 g/mol. The predicted octanol–water partition coefficient (Wildman–Crippen LogP) is 3.64. The summed E-state index contributed by atoms with van der Waals surface area (Å²) in [5, 5.41) is 0. The SMILES string of the molecule is CCCCCN(C)C(=O)c1cc(Br)cc(S(=O)(=O)Cl)c1. The molecule has 0 aliphatic rings. The lowest BCUT2D eigenvalue weighted by atomic mass is 10.2. The largest absolute Gasteiger partial charge is 0.342 e. The quantitative estimate of drug-likeness (QED) is 0.557. The molecular formula is C13H17BrClNO3S. The number of rotatable bonds is 6. The van der Waals surface area contributed by atoms with Crippen molar-refractivity contribution in [2.75, 3.05) is 13.6 Å². The number of carbonyl (C=O) groups is 1. The zero-order chi connectivity index (χ0) is 15.3. The van der Waals surface area contributed by atoms with E-state index in [-0.39, 0.29) is 10.8 Å². The van der Waals surface area contributed by atoms with Gasteiger partial charge in [0.25, 0.3) is 15.0 Å². The van der Waals surface area contributed by atoms with Gasteiger partial charge in [0.1, 0.15) is 0 Å². The summed E-state index contributed by atoms with van der Waals surface area (Å²) >= 11 is 3.19. The van der Waals surface area contributed by atoms with Gasteiger partial charge in [-0.25, -0.2) is 8.42 Å². The lowest BCUT2D eigenvalue weighted by Crippen LogP contribution is -2.27. The van der Waals surface area contributed by atoms with Crippen molar-refractivity contribution in [2.45, 2.75) is 31.1 Å². The molecule has 0 aromatic heterocycles. The Balaban J connectivity index is 2.96. The second kappa shape index (κ2) is 7.43. The highest BCUT2D eigenvalue weighted by molar-refractivity contribution is 9.10. The fraction of sp³-hybridized carbons (Fsp3) is 0.462. The first kappa shape index (κ1) is 17.5. The third-order valence-electron chi connectivity index (χ3n) is 2.84. The molecule has 20 heavy (non-hydrogen) atoms. The van der Waals surface area contributed by atoms with Crippen LogP contribution in [-0.2, 0) is 9.05 Å². The summed E-state index contributed by atoms with van der Waals surface area (Å²) in [5.41, 5.74) is 0.303. The van der Waals surface area contributed by atoms with Gasteiger partial charge >= 0.3 is 0 Å². The third kappa shape index (κ3) is 5.07. The number of nitrogens with zero attached hydrogens (tertiary/aromatic N) is 1. The summed E-state index contributed by atoms with van der Waals surface area (Å²) in [4.78, 5) is 13.7. The van der Waals surface area contributed by atoms with Gasteiger partial charge in [-0.3, -0.25) is 4.79 Å². The molecule has 0 radical (unpaired) electrons. The molecule has 0 heterocycles. The molecule has 0 saturated heterocycles. The lowest BCUT2D eigenvalue weighted by molar-refractivity contribution is 0.0792. The monoisotopic (exact) mass is 381 g/mol. The van der Waals surface area contributed by atoms with Gasteiger partial charge in [0.2, 0.25) is 0 Å². The van der Waals surface area contributed by atoms with Crippen LogP contribution >= 0.6 is 26.6 Å². The number of unbranched alkanes of at least 4 members (excludes halogenated alkanes) is 2. The normalized spacial score (nSPS) is 11.4. The van der Waals surface area contributed by atoms with Gasteiger partial charge in [-0.1, -0.05) is 35.7 Å². The van der Waals surface area contributed by atoms with Gasteiger partial charge in [-0.15, -0.1) is 0 Å². The van der Waals surface area contributed by atoms with Crippen LogP contribution in [0.3, 0.4) is 0 Å². The molecule has 7 heteroatoms. The Morgan fingerprint density at radius 1 is 1.30 bits per heavy atom. The summed E-state index contributed by atoms with van der Waals surface area (Å²) < 4.78 is 23.2. The number of halogens is 2. The maximum Gasteiger partial charge on any atom is 0.261 e. The molecule has 112 valence electrons. The minimum atomic E-state index is -3.86. The van der Waals surface area contributed by atoms with E-state index in [0.717, 1.165) is 19.3 Å². The van der Waals surface area contributed by atoms with Crippen LogP contribution in [0.4, 0.5) is 0 Å². The Bertz CT molecular complexity index is 589. The van der Waals surface area contributed by atoms with E-state index in [1.165, 1.54) is 12.1 Å². The van der Waals surface area contributed by atoms with E-state index < -0.39 is 9.05 Å². The zero-order valence-electron chi connectivity index (χ0n) is 11.4. The van der Waals surface area contributed by atoms with Crippen molar-refractivity contribution in [1.82, 2.24) is 4.90 Å². The molecule has 1 aromatic carbocycles. The smallest absolute Gasteiger partial charge is 0.261 e. The molecule has 1 amide bonds. The van der Waals surface area contributed by atoms with Crippen molar-refractivity contribution in [2.24, 2.45) is 0 Å². The second-order valence-electron chi connectivity index (χ2n) is 4.55. The molecule has 0 atom stereocenters. The first-order chi connectivity index (χ1) is 9.25. The van der Waals surface area contributed by atoms with Crippen molar-refractivity contribution in [1.29, 1.82) is 0 Å². The molecule has 0 N–H and O–H groups in total. The Kier molecular flexibility index (Phi) is 6.48. The maximum absolute atomic E-state index is 12.2. The number of amides is 1. The molecule has 0 aliphatic carbocycles. The molecule has 4 nitrogen and oxygen atoms in total. The van der Waals surface area contributed by atoms with E-state index >= 15 is 0 Å². The molecule has 1 aromatic rings. The lowest BCUT2D eigenvalue weighted by Gasteiger charge is -2.17. The van der Waals surface area contributed by atoms with Crippen LogP contribution in [0.15, 0.2) is 27.6 Å². The third-order valence-corrected chi connectivity index (χ3v) is 4.63. The number of hydrogen-bond acceptors (Lipinski definition) is 3.